The molecule has 6 N–H and O–H groups in total. The second-order valence-corrected chi connectivity index (χ2v) is 11.7. The van der Waals surface area contributed by atoms with Crippen LogP contribution in [-0.2, 0) is 22.4 Å². The van der Waals surface area contributed by atoms with Crippen LogP contribution in [0.1, 0.15) is 35.1 Å². The van der Waals surface area contributed by atoms with Gasteiger partial charge >= 0.3 is 0 Å². The predicted octanol–water partition coefficient (Wildman–Crippen LogP) is 5.12. The van der Waals surface area contributed by atoms with Gasteiger partial charge in [-0.05, 0) is 60.0 Å². The van der Waals surface area contributed by atoms with Gasteiger partial charge in [0.15, 0.2) is 10.3 Å². The summed E-state index contributed by atoms with van der Waals surface area (Å²) < 4.78 is 0. The van der Waals surface area contributed by atoms with Gasteiger partial charge < -0.3 is 10.6 Å². The van der Waals surface area contributed by atoms with Crippen molar-refractivity contribution in [3.05, 3.63) is 70.8 Å². The van der Waals surface area contributed by atoms with Crippen molar-refractivity contribution in [2.75, 3.05) is 11.5 Å². The maximum atomic E-state index is 12.1. The number of benzene rings is 2. The quantitative estimate of drug-likeness (QED) is 0.136. The van der Waals surface area contributed by atoms with Crippen LogP contribution >= 0.6 is 35.3 Å². The minimum atomic E-state index is -0.279. The van der Waals surface area contributed by atoms with Gasteiger partial charge in [-0.1, -0.05) is 59.7 Å². The molecule has 0 spiro atoms. The average Bonchev–Trinajstić information content (AvgIpc) is 2.78. The fourth-order valence-corrected chi connectivity index (χ4v) is 5.58. The molecular formula is C26H32N6O2S3. The van der Waals surface area contributed by atoms with E-state index in [2.05, 4.69) is 10.6 Å². The highest BCUT2D eigenvalue weighted by Crippen LogP contribution is 2.15. The van der Waals surface area contributed by atoms with Crippen LogP contribution < -0.4 is 10.6 Å². The van der Waals surface area contributed by atoms with Gasteiger partial charge in [0, 0.05) is 12.8 Å². The third kappa shape index (κ3) is 13.3. The largest absolute Gasteiger partial charge is 0.305 e. The molecule has 2 aromatic carbocycles. The molecule has 11 heteroatoms. The molecule has 0 aliphatic heterocycles. The lowest BCUT2D eigenvalue weighted by molar-refractivity contribution is -0.119. The summed E-state index contributed by atoms with van der Waals surface area (Å²) >= 11 is 3.43. The molecule has 37 heavy (non-hydrogen) atoms. The highest BCUT2D eigenvalue weighted by atomic mass is 32.2. The lowest BCUT2D eigenvalue weighted by atomic mass is 10.1. The van der Waals surface area contributed by atoms with Gasteiger partial charge in [-0.3, -0.25) is 31.2 Å². The molecule has 2 amide bonds. The standard InChI is InChI=1S/C26H32N6O2S3/c1-17-5-3-7-19(13-17)15-23(33)31-25(29)36-21(27)9-11-35-12-10-22(28)37-26(30)32-24(34)16-20-8-4-6-18(2)14-20/h3-8,13-14,27-28H,9-12,15-16H2,1-2H3,(H2,29,31,33)(H2,30,32,34). The maximum Gasteiger partial charge on any atom is 0.230 e. The molecule has 2 rings (SSSR count). The highest BCUT2D eigenvalue weighted by Gasteiger charge is 2.11. The fraction of sp³-hybridized carbons (Fsp3) is 0.308. The van der Waals surface area contributed by atoms with Crippen molar-refractivity contribution < 1.29 is 9.59 Å². The Hall–Kier alpha value is -2.89. The lowest BCUT2D eigenvalue weighted by Gasteiger charge is -2.09. The first kappa shape index (κ1) is 30.3. The fourth-order valence-electron chi connectivity index (χ4n) is 3.19. The van der Waals surface area contributed by atoms with Gasteiger partial charge in [0.05, 0.1) is 22.9 Å². The zero-order valence-corrected chi connectivity index (χ0v) is 23.4. The zero-order chi connectivity index (χ0) is 27.2. The Morgan fingerprint density at radius 1 is 0.703 bits per heavy atom. The molecule has 0 atom stereocenters. The smallest absolute Gasteiger partial charge is 0.230 e. The molecule has 8 nitrogen and oxygen atoms in total. The molecule has 2 aromatic rings. The number of aryl methyl sites for hydroxylation is 2. The van der Waals surface area contributed by atoms with Gasteiger partial charge in [0.25, 0.3) is 0 Å². The molecule has 0 aromatic heterocycles. The van der Waals surface area contributed by atoms with E-state index >= 15 is 0 Å². The molecule has 0 bridgehead atoms. The Balaban J connectivity index is 1.55. The molecule has 0 saturated heterocycles. The van der Waals surface area contributed by atoms with Crippen molar-refractivity contribution in [2.45, 2.75) is 39.5 Å². The van der Waals surface area contributed by atoms with E-state index in [-0.39, 0.29) is 45.1 Å². The molecule has 0 radical (unpaired) electrons. The summed E-state index contributed by atoms with van der Waals surface area (Å²) in [6, 6.07) is 15.3. The molecular weight excluding hydrogens is 525 g/mol. The van der Waals surface area contributed by atoms with Crippen LogP contribution in [0.4, 0.5) is 0 Å². The van der Waals surface area contributed by atoms with Crippen LogP contribution in [0, 0.1) is 35.5 Å². The van der Waals surface area contributed by atoms with E-state index in [0.717, 1.165) is 45.8 Å². The first-order valence-corrected chi connectivity index (χ1v) is 14.4. The monoisotopic (exact) mass is 556 g/mol. The summed E-state index contributed by atoms with van der Waals surface area (Å²) in [5.41, 5.74) is 3.90. The number of hydrogen-bond donors (Lipinski definition) is 6. The van der Waals surface area contributed by atoms with Crippen LogP contribution in [-0.4, -0.2) is 43.7 Å². The van der Waals surface area contributed by atoms with Gasteiger partial charge in [-0.25, -0.2) is 0 Å². The predicted molar refractivity (Wildman–Crippen MR) is 159 cm³/mol. The molecule has 0 heterocycles. The molecule has 196 valence electrons. The van der Waals surface area contributed by atoms with E-state index in [1.54, 1.807) is 11.8 Å². The van der Waals surface area contributed by atoms with Crippen molar-refractivity contribution in [3.8, 4) is 0 Å². The second kappa shape index (κ2) is 16.1. The van der Waals surface area contributed by atoms with Gasteiger partial charge in [0.1, 0.15) is 0 Å². The molecule has 0 fully saturated rings. The average molecular weight is 557 g/mol. The van der Waals surface area contributed by atoms with Crippen molar-refractivity contribution in [1.29, 1.82) is 21.6 Å². The number of thioether (sulfide) groups is 3. The Labute approximate surface area is 230 Å². The zero-order valence-electron chi connectivity index (χ0n) is 20.9. The SMILES string of the molecule is Cc1cccc(CC(=O)NC(=N)SC(=N)CCSCCC(=N)SC(=N)NC(=O)Cc2cccc(C)c2)c1. The summed E-state index contributed by atoms with van der Waals surface area (Å²) in [6.07, 6.45) is 1.28. The number of amidine groups is 2. The van der Waals surface area contributed by atoms with Gasteiger partial charge in [-0.15, -0.1) is 0 Å². The van der Waals surface area contributed by atoms with E-state index in [0.29, 0.717) is 24.3 Å². The Morgan fingerprint density at radius 2 is 1.11 bits per heavy atom. The molecule has 0 saturated carbocycles. The number of rotatable bonds is 10. The maximum absolute atomic E-state index is 12.1. The minimum Gasteiger partial charge on any atom is -0.305 e. The van der Waals surface area contributed by atoms with Crippen LogP contribution in [0.3, 0.4) is 0 Å². The lowest BCUT2D eigenvalue weighted by Crippen LogP contribution is -2.30. The summed E-state index contributed by atoms with van der Waals surface area (Å²) in [4.78, 5) is 24.2. The van der Waals surface area contributed by atoms with Crippen LogP contribution in [0.25, 0.3) is 0 Å². The van der Waals surface area contributed by atoms with E-state index < -0.39 is 0 Å². The van der Waals surface area contributed by atoms with Crippen LogP contribution in [0.15, 0.2) is 48.5 Å². The van der Waals surface area contributed by atoms with Crippen molar-refractivity contribution in [3.63, 3.8) is 0 Å². The van der Waals surface area contributed by atoms with Gasteiger partial charge in [-0.2, -0.15) is 11.8 Å². The normalized spacial score (nSPS) is 10.4. The van der Waals surface area contributed by atoms with E-state index in [9.17, 15) is 9.59 Å². The van der Waals surface area contributed by atoms with E-state index in [1.165, 1.54) is 0 Å². The van der Waals surface area contributed by atoms with Crippen molar-refractivity contribution >= 4 is 67.5 Å². The van der Waals surface area contributed by atoms with E-state index in [1.807, 2.05) is 62.4 Å². The Morgan fingerprint density at radius 3 is 1.49 bits per heavy atom. The number of amides is 2. The third-order valence-corrected chi connectivity index (χ3v) is 7.30. The topological polar surface area (TPSA) is 154 Å². The van der Waals surface area contributed by atoms with Crippen LogP contribution in [0.2, 0.25) is 0 Å². The molecule has 0 aliphatic rings. The number of hydrogen-bond acceptors (Lipinski definition) is 9. The number of carbonyl (C=O) groups excluding carboxylic acids is 2. The summed E-state index contributed by atoms with van der Waals surface area (Å²) in [5, 5.41) is 37.4. The summed E-state index contributed by atoms with van der Waals surface area (Å²) in [7, 11) is 0. The van der Waals surface area contributed by atoms with Gasteiger partial charge in [0.2, 0.25) is 11.8 Å². The Kier molecular flexibility index (Phi) is 13.2. The first-order chi connectivity index (χ1) is 17.6. The molecule has 0 aliphatic carbocycles. The summed E-state index contributed by atoms with van der Waals surface area (Å²) in [5.74, 6) is 0.745. The van der Waals surface area contributed by atoms with Crippen molar-refractivity contribution in [2.24, 2.45) is 0 Å². The number of carbonyl (C=O) groups is 2. The summed E-state index contributed by atoms with van der Waals surface area (Å²) in [6.45, 7) is 3.92. The number of nitrogens with one attached hydrogen (secondary N) is 6. The second-order valence-electron chi connectivity index (χ2n) is 8.25. The Bertz CT molecular complexity index is 1080. The highest BCUT2D eigenvalue weighted by molar-refractivity contribution is 8.26. The van der Waals surface area contributed by atoms with E-state index in [4.69, 9.17) is 21.6 Å². The van der Waals surface area contributed by atoms with Crippen LogP contribution in [0.5, 0.6) is 0 Å². The third-order valence-electron chi connectivity index (χ3n) is 4.80. The minimum absolute atomic E-state index is 0.0613. The first-order valence-electron chi connectivity index (χ1n) is 11.6. The van der Waals surface area contributed by atoms with Crippen molar-refractivity contribution in [1.82, 2.24) is 10.6 Å². The molecule has 0 unspecified atom stereocenters.